The maximum absolute atomic E-state index is 13.6. The first kappa shape index (κ1) is 24.8. The van der Waals surface area contributed by atoms with Crippen LogP contribution in [0.4, 0.5) is 0 Å². The SMILES string of the molecule is CCCC1Cc2cc3c(c(O)c2C(=O)O1)-c1c(c(OC)c2oc4c(O)ccc(O)c4c(=O)c2c1O)C(O)C3O. The highest BCUT2D eigenvalue weighted by molar-refractivity contribution is 6.07. The largest absolute Gasteiger partial charge is 0.507 e. The van der Waals surface area contributed by atoms with Crippen molar-refractivity contribution in [3.8, 4) is 39.9 Å². The number of cyclic esters (lactones) is 1. The van der Waals surface area contributed by atoms with E-state index >= 15 is 0 Å². The minimum atomic E-state index is -1.71. The molecule has 4 aromatic rings. The second-order valence-electron chi connectivity index (χ2n) is 9.75. The van der Waals surface area contributed by atoms with Crippen LogP contribution in [-0.2, 0) is 11.2 Å². The molecule has 11 nitrogen and oxygen atoms in total. The fraction of sp³-hybridized carbons (Fsp3) is 0.286. The number of methoxy groups -OCH3 is 1. The maximum atomic E-state index is 13.6. The average Bonchev–Trinajstić information content (AvgIpc) is 2.89. The predicted octanol–water partition coefficient (Wildman–Crippen LogP) is 3.41. The lowest BCUT2D eigenvalue weighted by molar-refractivity contribution is 0.0134. The third-order valence-corrected chi connectivity index (χ3v) is 7.51. The van der Waals surface area contributed by atoms with Gasteiger partial charge in [0.2, 0.25) is 5.43 Å². The zero-order valence-corrected chi connectivity index (χ0v) is 20.8. The molecule has 0 bridgehead atoms. The lowest BCUT2D eigenvalue weighted by Crippen LogP contribution is -2.29. The van der Waals surface area contributed by atoms with Crippen molar-refractivity contribution in [3.63, 3.8) is 0 Å². The standard InChI is InChI=1S/C28H24O11/c1-3-4-10-7-9-8-11-15(21(32)14(9)28(36)38-10)17-18(24(35)20(11)31)26(37-2)27-19(23(17)34)22(33)16-12(29)5-6-13(30)25(16)39-27/h5-6,8,10,20,24,29-32,34-35H,3-4,7H2,1-2H3. The van der Waals surface area contributed by atoms with Crippen molar-refractivity contribution >= 4 is 27.9 Å². The van der Waals surface area contributed by atoms with E-state index in [0.29, 0.717) is 12.0 Å². The molecule has 6 N–H and O–H groups in total. The topological polar surface area (TPSA) is 187 Å². The molecule has 3 atom stereocenters. The molecule has 39 heavy (non-hydrogen) atoms. The Kier molecular flexibility index (Phi) is 5.42. The molecular formula is C28H24O11. The number of phenols is 4. The number of carbonyl (C=O) groups is 1. The van der Waals surface area contributed by atoms with Gasteiger partial charge in [-0.15, -0.1) is 0 Å². The van der Waals surface area contributed by atoms with Gasteiger partial charge in [0, 0.05) is 23.1 Å². The molecule has 6 rings (SSSR count). The zero-order chi connectivity index (χ0) is 27.9. The van der Waals surface area contributed by atoms with Crippen LogP contribution in [-0.4, -0.2) is 49.8 Å². The molecule has 2 aliphatic rings. The van der Waals surface area contributed by atoms with Crippen molar-refractivity contribution in [2.24, 2.45) is 0 Å². The Balaban J connectivity index is 1.76. The van der Waals surface area contributed by atoms with Gasteiger partial charge < -0.3 is 44.5 Å². The van der Waals surface area contributed by atoms with E-state index in [1.807, 2.05) is 6.92 Å². The van der Waals surface area contributed by atoms with Crippen LogP contribution in [0, 0.1) is 0 Å². The molecule has 0 spiro atoms. The van der Waals surface area contributed by atoms with Gasteiger partial charge >= 0.3 is 5.97 Å². The van der Waals surface area contributed by atoms with Crippen LogP contribution >= 0.6 is 0 Å². The van der Waals surface area contributed by atoms with Crippen molar-refractivity contribution in [2.45, 2.75) is 44.5 Å². The highest BCUT2D eigenvalue weighted by atomic mass is 16.5. The summed E-state index contributed by atoms with van der Waals surface area (Å²) < 4.78 is 16.7. The smallest absolute Gasteiger partial charge is 0.342 e. The summed E-state index contributed by atoms with van der Waals surface area (Å²) in [7, 11) is 1.20. The van der Waals surface area contributed by atoms with E-state index in [4.69, 9.17) is 13.9 Å². The summed E-state index contributed by atoms with van der Waals surface area (Å²) in [5.74, 6) is -3.40. The quantitative estimate of drug-likeness (QED) is 0.128. The number of fused-ring (bicyclic) bond motifs is 6. The van der Waals surface area contributed by atoms with Crippen molar-refractivity contribution in [1.29, 1.82) is 0 Å². The Morgan fingerprint density at radius 3 is 2.33 bits per heavy atom. The predicted molar refractivity (Wildman–Crippen MR) is 136 cm³/mol. The number of aromatic hydroxyl groups is 4. The van der Waals surface area contributed by atoms with E-state index in [2.05, 4.69) is 0 Å². The van der Waals surface area contributed by atoms with Crippen LogP contribution in [0.2, 0.25) is 0 Å². The summed E-state index contributed by atoms with van der Waals surface area (Å²) in [5, 5.41) is 65.0. The summed E-state index contributed by atoms with van der Waals surface area (Å²) in [6.45, 7) is 1.94. The lowest BCUT2D eigenvalue weighted by Gasteiger charge is -2.34. The Bertz CT molecular complexity index is 1790. The number of carbonyl (C=O) groups excluding carboxylic acids is 1. The molecule has 1 aliphatic carbocycles. The molecular weight excluding hydrogens is 512 g/mol. The van der Waals surface area contributed by atoms with Gasteiger partial charge in [0.25, 0.3) is 0 Å². The molecule has 0 saturated carbocycles. The van der Waals surface area contributed by atoms with Crippen LogP contribution in [0.15, 0.2) is 27.4 Å². The van der Waals surface area contributed by atoms with Crippen LogP contribution in [0.5, 0.6) is 28.7 Å². The Hall–Kier alpha value is -4.48. The van der Waals surface area contributed by atoms with Crippen molar-refractivity contribution in [1.82, 2.24) is 0 Å². The van der Waals surface area contributed by atoms with Gasteiger partial charge in [0.05, 0.1) is 7.11 Å². The Morgan fingerprint density at radius 2 is 1.64 bits per heavy atom. The van der Waals surface area contributed by atoms with Crippen LogP contribution in [0.1, 0.15) is 59.0 Å². The fourth-order valence-corrected chi connectivity index (χ4v) is 5.81. The van der Waals surface area contributed by atoms with Gasteiger partial charge in [-0.05, 0) is 29.7 Å². The van der Waals surface area contributed by atoms with E-state index in [9.17, 15) is 40.2 Å². The third kappa shape index (κ3) is 3.23. The molecule has 2 heterocycles. The van der Waals surface area contributed by atoms with E-state index < -0.39 is 69.1 Å². The minimum Gasteiger partial charge on any atom is -0.507 e. The molecule has 3 unspecified atom stereocenters. The Labute approximate surface area is 219 Å². The molecule has 0 radical (unpaired) electrons. The number of aliphatic hydroxyl groups is 2. The van der Waals surface area contributed by atoms with Crippen molar-refractivity contribution in [2.75, 3.05) is 7.11 Å². The van der Waals surface area contributed by atoms with E-state index in [1.165, 1.54) is 13.2 Å². The number of esters is 1. The normalized spacial score (nSPS) is 19.9. The van der Waals surface area contributed by atoms with Crippen LogP contribution < -0.4 is 10.2 Å². The van der Waals surface area contributed by atoms with Gasteiger partial charge in [0.15, 0.2) is 22.7 Å². The number of hydrogen-bond donors (Lipinski definition) is 6. The zero-order valence-electron chi connectivity index (χ0n) is 20.8. The number of phenolic OH excluding ortho intramolecular Hbond substituents is 4. The van der Waals surface area contributed by atoms with Crippen LogP contribution in [0.3, 0.4) is 0 Å². The number of aliphatic hydroxyl groups excluding tert-OH is 2. The first-order valence-electron chi connectivity index (χ1n) is 12.3. The number of benzene rings is 3. The summed E-state index contributed by atoms with van der Waals surface area (Å²) in [6.07, 6.45) is -2.14. The summed E-state index contributed by atoms with van der Waals surface area (Å²) in [4.78, 5) is 26.5. The van der Waals surface area contributed by atoms with Gasteiger partial charge in [-0.2, -0.15) is 0 Å². The van der Waals surface area contributed by atoms with Crippen LogP contribution in [0.25, 0.3) is 33.1 Å². The monoisotopic (exact) mass is 536 g/mol. The number of hydrogen-bond acceptors (Lipinski definition) is 11. The first-order valence-corrected chi connectivity index (χ1v) is 12.3. The highest BCUT2D eigenvalue weighted by Crippen LogP contribution is 2.58. The molecule has 1 aromatic heterocycles. The molecule has 3 aromatic carbocycles. The maximum Gasteiger partial charge on any atom is 0.342 e. The average molecular weight is 536 g/mol. The third-order valence-electron chi connectivity index (χ3n) is 7.51. The second kappa shape index (κ2) is 8.52. The highest BCUT2D eigenvalue weighted by Gasteiger charge is 2.43. The van der Waals surface area contributed by atoms with Gasteiger partial charge in [-0.25, -0.2) is 4.79 Å². The summed E-state index contributed by atoms with van der Waals surface area (Å²) in [6, 6.07) is 3.67. The van der Waals surface area contributed by atoms with Gasteiger partial charge in [-0.3, -0.25) is 4.79 Å². The molecule has 0 fully saturated rings. The van der Waals surface area contributed by atoms with Gasteiger partial charge in [0.1, 0.15) is 51.9 Å². The fourth-order valence-electron chi connectivity index (χ4n) is 5.81. The minimum absolute atomic E-state index is 0.0265. The lowest BCUT2D eigenvalue weighted by atomic mass is 9.77. The molecule has 0 saturated heterocycles. The summed E-state index contributed by atoms with van der Waals surface area (Å²) in [5.41, 5.74) is -2.08. The van der Waals surface area contributed by atoms with Crippen molar-refractivity contribution in [3.05, 3.63) is 50.7 Å². The molecule has 0 amide bonds. The van der Waals surface area contributed by atoms with E-state index in [1.54, 1.807) is 0 Å². The second-order valence-corrected chi connectivity index (χ2v) is 9.75. The first-order chi connectivity index (χ1) is 18.6. The van der Waals surface area contributed by atoms with Crippen molar-refractivity contribution < 1.29 is 49.3 Å². The van der Waals surface area contributed by atoms with Gasteiger partial charge in [-0.1, -0.05) is 19.4 Å². The Morgan fingerprint density at radius 1 is 0.923 bits per heavy atom. The molecule has 1 aliphatic heterocycles. The molecule has 202 valence electrons. The summed E-state index contributed by atoms with van der Waals surface area (Å²) >= 11 is 0. The van der Waals surface area contributed by atoms with E-state index in [-0.39, 0.29) is 45.6 Å². The molecule has 11 heteroatoms. The van der Waals surface area contributed by atoms with E-state index in [0.717, 1.165) is 18.6 Å². The number of ether oxygens (including phenoxy) is 2. The number of rotatable bonds is 3.